The maximum Gasteiger partial charge on any atom is 0.315 e. The SMILES string of the molecule is COC(=O)C1(C)CCC=C1C. The zero-order valence-corrected chi connectivity index (χ0v) is 7.31. The van der Waals surface area contributed by atoms with Gasteiger partial charge >= 0.3 is 5.97 Å². The molecule has 0 fully saturated rings. The molecule has 62 valence electrons. The summed E-state index contributed by atoms with van der Waals surface area (Å²) in [6.45, 7) is 3.93. The molecule has 1 atom stereocenters. The molecule has 11 heavy (non-hydrogen) atoms. The Morgan fingerprint density at radius 2 is 2.36 bits per heavy atom. The van der Waals surface area contributed by atoms with Crippen LogP contribution in [0.4, 0.5) is 0 Å². The Bertz CT molecular complexity index is 206. The molecule has 2 nitrogen and oxygen atoms in total. The van der Waals surface area contributed by atoms with Crippen LogP contribution >= 0.6 is 0 Å². The Hall–Kier alpha value is -0.790. The average Bonchev–Trinajstić information content (AvgIpc) is 2.32. The molecule has 0 N–H and O–H groups in total. The molecule has 1 rings (SSSR count). The zero-order chi connectivity index (χ0) is 8.48. The summed E-state index contributed by atoms with van der Waals surface area (Å²) in [6, 6.07) is 0. The van der Waals surface area contributed by atoms with Crippen molar-refractivity contribution in [1.29, 1.82) is 0 Å². The first kappa shape index (κ1) is 8.31. The lowest BCUT2D eigenvalue weighted by atomic mass is 9.84. The predicted octanol–water partition coefficient (Wildman–Crippen LogP) is 1.91. The van der Waals surface area contributed by atoms with Crippen LogP contribution in [0.2, 0.25) is 0 Å². The van der Waals surface area contributed by atoms with Gasteiger partial charge in [-0.3, -0.25) is 4.79 Å². The fourth-order valence-electron chi connectivity index (χ4n) is 1.49. The molecule has 0 bridgehead atoms. The summed E-state index contributed by atoms with van der Waals surface area (Å²) in [5, 5.41) is 0. The van der Waals surface area contributed by atoms with Crippen LogP contribution in [-0.4, -0.2) is 13.1 Å². The summed E-state index contributed by atoms with van der Waals surface area (Å²) in [5.41, 5.74) is 0.804. The summed E-state index contributed by atoms with van der Waals surface area (Å²) in [4.78, 5) is 11.3. The third kappa shape index (κ3) is 1.17. The fourth-order valence-corrected chi connectivity index (χ4v) is 1.49. The van der Waals surface area contributed by atoms with E-state index in [2.05, 4.69) is 6.08 Å². The normalized spacial score (nSPS) is 29.9. The van der Waals surface area contributed by atoms with Gasteiger partial charge in [-0.25, -0.2) is 0 Å². The third-order valence-corrected chi connectivity index (χ3v) is 2.60. The Kier molecular flexibility index (Phi) is 2.03. The van der Waals surface area contributed by atoms with E-state index in [0.717, 1.165) is 18.4 Å². The molecule has 0 saturated carbocycles. The monoisotopic (exact) mass is 154 g/mol. The lowest BCUT2D eigenvalue weighted by molar-refractivity contribution is -0.149. The predicted molar refractivity (Wildman–Crippen MR) is 43.1 cm³/mol. The summed E-state index contributed by atoms with van der Waals surface area (Å²) in [7, 11) is 1.44. The lowest BCUT2D eigenvalue weighted by Crippen LogP contribution is -2.27. The molecular weight excluding hydrogens is 140 g/mol. The highest BCUT2D eigenvalue weighted by Crippen LogP contribution is 2.38. The molecule has 0 heterocycles. The van der Waals surface area contributed by atoms with Crippen molar-refractivity contribution in [3.8, 4) is 0 Å². The molecule has 0 amide bonds. The first-order valence-corrected chi connectivity index (χ1v) is 3.87. The number of carbonyl (C=O) groups excluding carboxylic acids is 1. The molecule has 0 aromatic heterocycles. The first-order chi connectivity index (χ1) is 5.11. The average molecular weight is 154 g/mol. The minimum absolute atomic E-state index is 0.108. The van der Waals surface area contributed by atoms with Gasteiger partial charge in [0.25, 0.3) is 0 Å². The minimum Gasteiger partial charge on any atom is -0.468 e. The maximum absolute atomic E-state index is 11.3. The van der Waals surface area contributed by atoms with E-state index >= 15 is 0 Å². The molecule has 0 saturated heterocycles. The van der Waals surface area contributed by atoms with Crippen LogP contribution in [0.25, 0.3) is 0 Å². The number of allylic oxidation sites excluding steroid dienone is 1. The lowest BCUT2D eigenvalue weighted by Gasteiger charge is -2.22. The smallest absolute Gasteiger partial charge is 0.315 e. The van der Waals surface area contributed by atoms with Crippen LogP contribution in [0.5, 0.6) is 0 Å². The Morgan fingerprint density at radius 3 is 2.73 bits per heavy atom. The van der Waals surface area contributed by atoms with E-state index in [-0.39, 0.29) is 11.4 Å². The molecular formula is C9H14O2. The van der Waals surface area contributed by atoms with Crippen molar-refractivity contribution in [2.45, 2.75) is 26.7 Å². The van der Waals surface area contributed by atoms with Gasteiger partial charge in [-0.1, -0.05) is 11.6 Å². The van der Waals surface area contributed by atoms with Crippen LogP contribution in [0.15, 0.2) is 11.6 Å². The van der Waals surface area contributed by atoms with Crippen molar-refractivity contribution in [3.05, 3.63) is 11.6 Å². The Labute approximate surface area is 67.2 Å². The van der Waals surface area contributed by atoms with Crippen LogP contribution in [0.3, 0.4) is 0 Å². The number of esters is 1. The van der Waals surface area contributed by atoms with Crippen molar-refractivity contribution in [2.24, 2.45) is 5.41 Å². The summed E-state index contributed by atoms with van der Waals surface area (Å²) in [5.74, 6) is -0.108. The van der Waals surface area contributed by atoms with Gasteiger partial charge in [0.05, 0.1) is 12.5 Å². The topological polar surface area (TPSA) is 26.3 Å². The van der Waals surface area contributed by atoms with E-state index < -0.39 is 0 Å². The molecule has 1 unspecified atom stereocenters. The highest BCUT2D eigenvalue weighted by Gasteiger charge is 2.38. The highest BCUT2D eigenvalue weighted by molar-refractivity contribution is 5.80. The molecule has 2 heteroatoms. The quantitative estimate of drug-likeness (QED) is 0.426. The molecule has 1 aliphatic rings. The number of hydrogen-bond donors (Lipinski definition) is 0. The molecule has 0 aliphatic heterocycles. The number of methoxy groups -OCH3 is 1. The van der Waals surface area contributed by atoms with E-state index in [0.29, 0.717) is 0 Å². The van der Waals surface area contributed by atoms with Gasteiger partial charge in [-0.15, -0.1) is 0 Å². The Morgan fingerprint density at radius 1 is 1.73 bits per heavy atom. The van der Waals surface area contributed by atoms with Gasteiger partial charge in [0.15, 0.2) is 0 Å². The minimum atomic E-state index is -0.339. The molecule has 0 radical (unpaired) electrons. The summed E-state index contributed by atoms with van der Waals surface area (Å²) in [6.07, 6.45) is 4.00. The summed E-state index contributed by atoms with van der Waals surface area (Å²) < 4.78 is 4.73. The van der Waals surface area contributed by atoms with Crippen LogP contribution < -0.4 is 0 Å². The molecule has 0 aromatic rings. The van der Waals surface area contributed by atoms with Gasteiger partial charge in [-0.2, -0.15) is 0 Å². The number of carbonyl (C=O) groups is 1. The van der Waals surface area contributed by atoms with Crippen molar-refractivity contribution >= 4 is 5.97 Å². The van der Waals surface area contributed by atoms with Crippen LogP contribution in [0, 0.1) is 5.41 Å². The van der Waals surface area contributed by atoms with E-state index in [1.807, 2.05) is 13.8 Å². The van der Waals surface area contributed by atoms with Crippen molar-refractivity contribution in [2.75, 3.05) is 7.11 Å². The fraction of sp³-hybridized carbons (Fsp3) is 0.667. The van der Waals surface area contributed by atoms with Crippen LogP contribution in [0.1, 0.15) is 26.7 Å². The van der Waals surface area contributed by atoms with Gasteiger partial charge in [0.2, 0.25) is 0 Å². The molecule has 1 aliphatic carbocycles. The van der Waals surface area contributed by atoms with Crippen molar-refractivity contribution in [1.82, 2.24) is 0 Å². The van der Waals surface area contributed by atoms with Crippen molar-refractivity contribution < 1.29 is 9.53 Å². The second-order valence-corrected chi connectivity index (χ2v) is 3.25. The van der Waals surface area contributed by atoms with E-state index in [9.17, 15) is 4.79 Å². The summed E-state index contributed by atoms with van der Waals surface area (Å²) >= 11 is 0. The standard InChI is InChI=1S/C9H14O2/c1-7-5-4-6-9(7,2)8(10)11-3/h5H,4,6H2,1-3H3. The maximum atomic E-state index is 11.3. The molecule has 0 aromatic carbocycles. The number of ether oxygens (including phenoxy) is 1. The first-order valence-electron chi connectivity index (χ1n) is 3.87. The van der Waals surface area contributed by atoms with Gasteiger partial charge < -0.3 is 4.74 Å². The van der Waals surface area contributed by atoms with Crippen molar-refractivity contribution in [3.63, 3.8) is 0 Å². The van der Waals surface area contributed by atoms with E-state index in [4.69, 9.17) is 4.74 Å². The van der Waals surface area contributed by atoms with Crippen LogP contribution in [-0.2, 0) is 9.53 Å². The van der Waals surface area contributed by atoms with E-state index in [1.165, 1.54) is 7.11 Å². The zero-order valence-electron chi connectivity index (χ0n) is 7.31. The number of rotatable bonds is 1. The largest absolute Gasteiger partial charge is 0.468 e. The van der Waals surface area contributed by atoms with Gasteiger partial charge in [0.1, 0.15) is 0 Å². The molecule has 0 spiro atoms. The highest BCUT2D eigenvalue weighted by atomic mass is 16.5. The third-order valence-electron chi connectivity index (χ3n) is 2.60. The second kappa shape index (κ2) is 2.68. The number of hydrogen-bond acceptors (Lipinski definition) is 2. The van der Waals surface area contributed by atoms with E-state index in [1.54, 1.807) is 0 Å². The van der Waals surface area contributed by atoms with Gasteiger partial charge in [-0.05, 0) is 26.7 Å². The van der Waals surface area contributed by atoms with Gasteiger partial charge in [0, 0.05) is 0 Å². The second-order valence-electron chi connectivity index (χ2n) is 3.25. The Balaban J connectivity index is 2.83.